The number of aromatic nitrogens is 3. The number of fused-ring (bicyclic) bond motifs is 1. The third-order valence-corrected chi connectivity index (χ3v) is 5.42. The first-order valence-corrected chi connectivity index (χ1v) is 11.1. The Morgan fingerprint density at radius 1 is 1.31 bits per heavy atom. The number of aliphatic carboxylic acids is 1. The summed E-state index contributed by atoms with van der Waals surface area (Å²) in [5.41, 5.74) is 0. The first-order valence-electron chi connectivity index (χ1n) is 8.36. The second kappa shape index (κ2) is 9.65. The van der Waals surface area contributed by atoms with Crippen LogP contribution in [0.1, 0.15) is 16.5 Å². The Morgan fingerprint density at radius 3 is 2.55 bits per heavy atom. The first kappa shape index (κ1) is 23.3. The van der Waals surface area contributed by atoms with E-state index in [0.29, 0.717) is 5.82 Å². The number of halogens is 3. The smallest absolute Gasteiger partial charge is 0.475 e. The molecule has 14 heteroatoms. The number of carbonyl (C=O) groups is 1. The van der Waals surface area contributed by atoms with E-state index in [1.54, 1.807) is 11.3 Å². The fourth-order valence-electron chi connectivity index (χ4n) is 2.53. The van der Waals surface area contributed by atoms with Gasteiger partial charge >= 0.3 is 12.1 Å². The topological polar surface area (TPSA) is 117 Å². The normalized spacial score (nSPS) is 15.2. The number of thiophene rings is 1. The predicted octanol–water partition coefficient (Wildman–Crippen LogP) is 1.08. The molecule has 1 aliphatic rings. The molecule has 0 unspecified atom stereocenters. The van der Waals surface area contributed by atoms with Crippen LogP contribution in [-0.2, 0) is 40.9 Å². The van der Waals surface area contributed by atoms with Crippen LogP contribution in [0.3, 0.4) is 0 Å². The van der Waals surface area contributed by atoms with Crippen LogP contribution in [0.15, 0.2) is 17.5 Å². The molecule has 0 fully saturated rings. The summed E-state index contributed by atoms with van der Waals surface area (Å²) in [6.45, 7) is 3.78. The van der Waals surface area contributed by atoms with Crippen LogP contribution in [-0.4, -0.2) is 64.7 Å². The van der Waals surface area contributed by atoms with Crippen LogP contribution >= 0.6 is 11.3 Å². The highest BCUT2D eigenvalue weighted by molar-refractivity contribution is 7.88. The van der Waals surface area contributed by atoms with E-state index in [9.17, 15) is 21.6 Å². The Hall–Kier alpha value is -2.03. The fourth-order valence-corrected chi connectivity index (χ4v) is 3.67. The van der Waals surface area contributed by atoms with E-state index in [-0.39, 0.29) is 6.54 Å². The van der Waals surface area contributed by atoms with Gasteiger partial charge in [0.15, 0.2) is 0 Å². The van der Waals surface area contributed by atoms with Crippen molar-refractivity contribution in [2.24, 2.45) is 0 Å². The van der Waals surface area contributed by atoms with Gasteiger partial charge in [-0.25, -0.2) is 17.9 Å². The molecule has 0 saturated carbocycles. The fraction of sp³-hybridized carbons (Fsp3) is 0.533. The van der Waals surface area contributed by atoms with Crippen LogP contribution < -0.4 is 4.72 Å². The van der Waals surface area contributed by atoms with Crippen molar-refractivity contribution in [1.82, 2.24) is 24.4 Å². The van der Waals surface area contributed by atoms with Crippen LogP contribution in [0.5, 0.6) is 0 Å². The first-order chi connectivity index (χ1) is 13.5. The van der Waals surface area contributed by atoms with E-state index in [1.807, 2.05) is 4.57 Å². The molecule has 3 rings (SSSR count). The molecule has 0 aliphatic carbocycles. The van der Waals surface area contributed by atoms with Gasteiger partial charge in [0.25, 0.3) is 0 Å². The summed E-state index contributed by atoms with van der Waals surface area (Å²) in [4.78, 5) is 12.7. The van der Waals surface area contributed by atoms with Crippen molar-refractivity contribution < 1.29 is 31.5 Å². The van der Waals surface area contributed by atoms with E-state index in [0.717, 1.165) is 44.7 Å². The molecule has 2 N–H and O–H groups in total. The highest BCUT2D eigenvalue weighted by Crippen LogP contribution is 2.15. The van der Waals surface area contributed by atoms with Crippen molar-refractivity contribution in [2.45, 2.75) is 32.2 Å². The molecule has 29 heavy (non-hydrogen) atoms. The maximum Gasteiger partial charge on any atom is 0.490 e. The number of carboxylic acids is 1. The van der Waals surface area contributed by atoms with Crippen molar-refractivity contribution in [3.05, 3.63) is 34.0 Å². The average molecular weight is 455 g/mol. The van der Waals surface area contributed by atoms with E-state index in [2.05, 4.69) is 37.3 Å². The molecule has 9 nitrogen and oxygen atoms in total. The Bertz CT molecular complexity index is 913. The number of hydrogen-bond acceptors (Lipinski definition) is 7. The van der Waals surface area contributed by atoms with Gasteiger partial charge in [0.2, 0.25) is 10.0 Å². The minimum atomic E-state index is -5.08. The van der Waals surface area contributed by atoms with Gasteiger partial charge in [-0.3, -0.25) is 4.90 Å². The van der Waals surface area contributed by atoms with Gasteiger partial charge in [0, 0.05) is 37.5 Å². The van der Waals surface area contributed by atoms with E-state index >= 15 is 0 Å². The molecule has 0 radical (unpaired) electrons. The lowest BCUT2D eigenvalue weighted by Gasteiger charge is -2.18. The largest absolute Gasteiger partial charge is 0.490 e. The van der Waals surface area contributed by atoms with Gasteiger partial charge < -0.3 is 9.67 Å². The van der Waals surface area contributed by atoms with Crippen molar-refractivity contribution >= 4 is 27.3 Å². The highest BCUT2D eigenvalue weighted by Gasteiger charge is 2.38. The van der Waals surface area contributed by atoms with Crippen LogP contribution in [0.4, 0.5) is 13.2 Å². The second-order valence-corrected chi connectivity index (χ2v) is 9.05. The number of nitrogens with zero attached hydrogens (tertiary/aromatic N) is 4. The lowest BCUT2D eigenvalue weighted by atomic mass is 10.3. The number of alkyl halides is 3. The molecule has 0 spiro atoms. The van der Waals surface area contributed by atoms with Gasteiger partial charge in [-0.05, 0) is 11.4 Å². The minimum Gasteiger partial charge on any atom is -0.475 e. The molecule has 0 atom stereocenters. The summed E-state index contributed by atoms with van der Waals surface area (Å²) in [5.74, 6) is -1.15. The zero-order valence-corrected chi connectivity index (χ0v) is 17.0. The quantitative estimate of drug-likeness (QED) is 0.693. The lowest BCUT2D eigenvalue weighted by molar-refractivity contribution is -0.192. The van der Waals surface area contributed by atoms with Crippen molar-refractivity contribution in [1.29, 1.82) is 0 Å². The van der Waals surface area contributed by atoms with Gasteiger partial charge in [0.1, 0.15) is 11.6 Å². The summed E-state index contributed by atoms with van der Waals surface area (Å²) in [6, 6.07) is 4.22. The predicted molar refractivity (Wildman–Crippen MR) is 98.7 cm³/mol. The molecule has 162 valence electrons. The van der Waals surface area contributed by atoms with Crippen LogP contribution in [0, 0.1) is 0 Å². The van der Waals surface area contributed by atoms with Crippen molar-refractivity contribution in [2.75, 3.05) is 19.3 Å². The number of sulfonamides is 1. The number of rotatable bonds is 5. The molecule has 2 aromatic heterocycles. The van der Waals surface area contributed by atoms with E-state index in [1.165, 1.54) is 4.88 Å². The maximum absolute atomic E-state index is 11.2. The zero-order chi connectivity index (χ0) is 21.7. The van der Waals surface area contributed by atoms with Crippen molar-refractivity contribution in [3.63, 3.8) is 0 Å². The summed E-state index contributed by atoms with van der Waals surface area (Å²) >= 11 is 1.77. The van der Waals surface area contributed by atoms with Gasteiger partial charge in [-0.1, -0.05) is 6.07 Å². The number of nitrogens with one attached hydrogen (secondary N) is 1. The molecule has 0 bridgehead atoms. The third-order valence-electron chi connectivity index (χ3n) is 3.89. The van der Waals surface area contributed by atoms with E-state index in [4.69, 9.17) is 9.90 Å². The summed E-state index contributed by atoms with van der Waals surface area (Å²) < 4.78 is 58.7. The zero-order valence-electron chi connectivity index (χ0n) is 15.4. The molecule has 1 aliphatic heterocycles. The molecule has 2 aromatic rings. The highest BCUT2D eigenvalue weighted by atomic mass is 32.2. The molecular weight excluding hydrogens is 435 g/mol. The molecule has 3 heterocycles. The summed E-state index contributed by atoms with van der Waals surface area (Å²) in [5, 5.41) is 17.5. The Morgan fingerprint density at radius 2 is 2.00 bits per heavy atom. The van der Waals surface area contributed by atoms with Gasteiger partial charge in [-0.2, -0.15) is 13.2 Å². The van der Waals surface area contributed by atoms with Gasteiger partial charge in [-0.15, -0.1) is 21.5 Å². The monoisotopic (exact) mass is 455 g/mol. The van der Waals surface area contributed by atoms with Gasteiger partial charge in [0.05, 0.1) is 12.8 Å². The van der Waals surface area contributed by atoms with Crippen LogP contribution in [0.25, 0.3) is 0 Å². The average Bonchev–Trinajstić information content (AvgIpc) is 3.19. The molecular formula is C15H20F3N5O4S2. The maximum atomic E-state index is 11.2. The SMILES string of the molecule is CS(=O)(=O)NCc1nnc2n1CCN(Cc1cccs1)CC2.O=C(O)C(F)(F)F. The second-order valence-electron chi connectivity index (χ2n) is 6.19. The van der Waals surface area contributed by atoms with Crippen LogP contribution in [0.2, 0.25) is 0 Å². The third kappa shape index (κ3) is 7.72. The Kier molecular flexibility index (Phi) is 7.73. The number of carboxylic acid groups (broad SMARTS) is 1. The lowest BCUT2D eigenvalue weighted by Crippen LogP contribution is -2.27. The molecule has 0 saturated heterocycles. The summed E-state index contributed by atoms with van der Waals surface area (Å²) in [6.07, 6.45) is -3.10. The standard InChI is InChI=1S/C13H19N5O2S2.C2HF3O2/c1-22(19,20)14-9-13-16-15-12-4-5-17(6-7-18(12)13)10-11-3-2-8-21-11;3-2(4,5)1(6)7/h2-3,8,14H,4-7,9-10H2,1H3;(H,6,7). The number of hydrogen-bond donors (Lipinski definition) is 2. The molecule has 0 amide bonds. The minimum absolute atomic E-state index is 0.191. The van der Waals surface area contributed by atoms with Crippen molar-refractivity contribution in [3.8, 4) is 0 Å². The summed E-state index contributed by atoms with van der Waals surface area (Å²) in [7, 11) is -3.22. The Labute approximate surface area is 169 Å². The molecule has 0 aromatic carbocycles. The Balaban J connectivity index is 0.000000370. The van der Waals surface area contributed by atoms with E-state index < -0.39 is 22.2 Å².